The molecule has 0 aliphatic heterocycles. The Bertz CT molecular complexity index is 410. The van der Waals surface area contributed by atoms with Crippen molar-refractivity contribution >= 4 is 16.5 Å². The van der Waals surface area contributed by atoms with E-state index in [1.165, 1.54) is 4.88 Å². The summed E-state index contributed by atoms with van der Waals surface area (Å²) in [5.74, 6) is 0.591. The molecule has 1 heterocycles. The van der Waals surface area contributed by atoms with Crippen molar-refractivity contribution in [3.63, 3.8) is 0 Å². The van der Waals surface area contributed by atoms with Crippen LogP contribution >= 0.6 is 11.3 Å². The lowest BCUT2D eigenvalue weighted by atomic mass is 10.1. The molecule has 0 aliphatic carbocycles. The molecule has 0 fully saturated rings. The maximum absolute atomic E-state index is 5.27. The Morgan fingerprint density at radius 1 is 1.24 bits per heavy atom. The summed E-state index contributed by atoms with van der Waals surface area (Å²) in [4.78, 5) is 8.25. The number of rotatable bonds is 10. The molecule has 0 saturated carbocycles. The molecule has 1 aromatic rings. The zero-order chi connectivity index (χ0) is 15.8. The zero-order valence-corrected chi connectivity index (χ0v) is 14.9. The largest absolute Gasteiger partial charge is 0.383 e. The van der Waals surface area contributed by atoms with E-state index < -0.39 is 0 Å². The lowest BCUT2D eigenvalue weighted by Gasteiger charge is -2.27. The van der Waals surface area contributed by atoms with Gasteiger partial charge in [-0.1, -0.05) is 13.8 Å². The number of methoxy groups -OCH3 is 2. The van der Waals surface area contributed by atoms with Crippen molar-refractivity contribution in [1.82, 2.24) is 10.3 Å². The summed E-state index contributed by atoms with van der Waals surface area (Å²) in [5, 5.41) is 4.44. The van der Waals surface area contributed by atoms with Crippen LogP contribution in [0.1, 0.15) is 31.3 Å². The number of nitrogens with one attached hydrogen (secondary N) is 1. The standard InChI is InChI=1S/C15H29N3O2S/c1-11(2)12(3)18(4)15-17-13(10-20-6)14(21-15)9-16-7-8-19-5/h11-12,16H,7-10H2,1-6H3. The molecule has 0 aromatic carbocycles. The summed E-state index contributed by atoms with van der Waals surface area (Å²) in [6, 6.07) is 0.459. The number of nitrogens with zero attached hydrogens (tertiary/aromatic N) is 2. The van der Waals surface area contributed by atoms with E-state index in [0.717, 1.165) is 30.5 Å². The fourth-order valence-electron chi connectivity index (χ4n) is 1.91. The SMILES string of the molecule is COCCNCc1sc(N(C)C(C)C(C)C)nc1COC. The number of ether oxygens (including phenoxy) is 2. The van der Waals surface area contributed by atoms with Crippen LogP contribution in [-0.2, 0) is 22.6 Å². The van der Waals surface area contributed by atoms with Crippen LogP contribution in [0.25, 0.3) is 0 Å². The van der Waals surface area contributed by atoms with Crippen molar-refractivity contribution in [3.8, 4) is 0 Å². The molecule has 0 bridgehead atoms. The van der Waals surface area contributed by atoms with Gasteiger partial charge in [0.2, 0.25) is 0 Å². The maximum Gasteiger partial charge on any atom is 0.185 e. The highest BCUT2D eigenvalue weighted by atomic mass is 32.1. The first-order chi connectivity index (χ1) is 10.0. The van der Waals surface area contributed by atoms with Crippen molar-refractivity contribution in [2.75, 3.05) is 39.3 Å². The second kappa shape index (κ2) is 9.35. The fourth-order valence-corrected chi connectivity index (χ4v) is 2.99. The van der Waals surface area contributed by atoms with Gasteiger partial charge >= 0.3 is 0 Å². The Balaban J connectivity index is 2.77. The van der Waals surface area contributed by atoms with Crippen LogP contribution in [-0.4, -0.2) is 45.4 Å². The van der Waals surface area contributed by atoms with Crippen molar-refractivity contribution in [2.24, 2.45) is 5.92 Å². The van der Waals surface area contributed by atoms with Crippen LogP contribution in [0.4, 0.5) is 5.13 Å². The van der Waals surface area contributed by atoms with E-state index in [1.807, 2.05) is 0 Å². The summed E-state index contributed by atoms with van der Waals surface area (Å²) in [5.41, 5.74) is 1.03. The van der Waals surface area contributed by atoms with Gasteiger partial charge in [-0.15, -0.1) is 11.3 Å². The topological polar surface area (TPSA) is 46.6 Å². The molecular weight excluding hydrogens is 286 g/mol. The van der Waals surface area contributed by atoms with Crippen LogP contribution in [0.2, 0.25) is 0 Å². The Kier molecular flexibility index (Phi) is 8.18. The summed E-state index contributed by atoms with van der Waals surface area (Å²) in [7, 11) is 5.54. The lowest BCUT2D eigenvalue weighted by molar-refractivity contribution is 0.181. The molecule has 1 aromatic heterocycles. The second-order valence-electron chi connectivity index (χ2n) is 5.56. The number of thiazole rings is 1. The Hall–Kier alpha value is -0.690. The van der Waals surface area contributed by atoms with Crippen LogP contribution in [0.15, 0.2) is 0 Å². The van der Waals surface area contributed by atoms with Gasteiger partial charge in [0.05, 0.1) is 18.9 Å². The summed E-state index contributed by atoms with van der Waals surface area (Å²) in [6.07, 6.45) is 0. The summed E-state index contributed by atoms with van der Waals surface area (Å²) >= 11 is 1.74. The molecule has 1 N–H and O–H groups in total. The maximum atomic E-state index is 5.27. The van der Waals surface area contributed by atoms with E-state index in [1.54, 1.807) is 25.6 Å². The third-order valence-corrected chi connectivity index (χ3v) is 4.88. The highest BCUT2D eigenvalue weighted by molar-refractivity contribution is 7.15. The number of anilines is 1. The van der Waals surface area contributed by atoms with Gasteiger partial charge in [-0.3, -0.25) is 0 Å². The van der Waals surface area contributed by atoms with Crippen LogP contribution in [0.5, 0.6) is 0 Å². The Labute approximate surface area is 132 Å². The van der Waals surface area contributed by atoms with Gasteiger partial charge in [-0.2, -0.15) is 0 Å². The predicted octanol–water partition coefficient (Wildman–Crippen LogP) is 2.51. The molecule has 1 atom stereocenters. The van der Waals surface area contributed by atoms with Crippen LogP contribution < -0.4 is 10.2 Å². The van der Waals surface area contributed by atoms with Crippen LogP contribution in [0.3, 0.4) is 0 Å². The molecule has 0 saturated heterocycles. The van der Waals surface area contributed by atoms with Crippen LogP contribution in [0, 0.1) is 5.92 Å². The number of hydrogen-bond donors (Lipinski definition) is 1. The van der Waals surface area contributed by atoms with Gasteiger partial charge in [-0.05, 0) is 12.8 Å². The molecule has 6 heteroatoms. The van der Waals surface area contributed by atoms with Gasteiger partial charge < -0.3 is 19.7 Å². The van der Waals surface area contributed by atoms with Gasteiger partial charge in [0.15, 0.2) is 5.13 Å². The van der Waals surface area contributed by atoms with E-state index in [9.17, 15) is 0 Å². The normalized spacial score (nSPS) is 12.9. The first-order valence-electron chi connectivity index (χ1n) is 7.41. The minimum Gasteiger partial charge on any atom is -0.383 e. The summed E-state index contributed by atoms with van der Waals surface area (Å²) in [6.45, 7) is 9.63. The first-order valence-corrected chi connectivity index (χ1v) is 8.22. The molecule has 0 spiro atoms. The lowest BCUT2D eigenvalue weighted by Crippen LogP contribution is -2.33. The van der Waals surface area contributed by atoms with Crippen molar-refractivity contribution < 1.29 is 9.47 Å². The smallest absolute Gasteiger partial charge is 0.185 e. The van der Waals surface area contributed by atoms with E-state index in [2.05, 4.69) is 38.0 Å². The van der Waals surface area contributed by atoms with Gasteiger partial charge in [0.25, 0.3) is 0 Å². The number of hydrogen-bond acceptors (Lipinski definition) is 6. The summed E-state index contributed by atoms with van der Waals surface area (Å²) < 4.78 is 10.3. The van der Waals surface area contributed by atoms with Crippen molar-refractivity contribution in [1.29, 1.82) is 0 Å². The highest BCUT2D eigenvalue weighted by Gasteiger charge is 2.19. The predicted molar refractivity (Wildman–Crippen MR) is 89.1 cm³/mol. The van der Waals surface area contributed by atoms with Gasteiger partial charge in [0.1, 0.15) is 0 Å². The average molecular weight is 315 g/mol. The second-order valence-corrected chi connectivity index (χ2v) is 6.63. The van der Waals surface area contributed by atoms with Crippen molar-refractivity contribution in [2.45, 2.75) is 40.0 Å². The monoisotopic (exact) mass is 315 g/mol. The third-order valence-electron chi connectivity index (χ3n) is 3.69. The zero-order valence-electron chi connectivity index (χ0n) is 14.1. The molecule has 21 heavy (non-hydrogen) atoms. The molecule has 0 amide bonds. The molecule has 0 aliphatic rings. The average Bonchev–Trinajstić information content (AvgIpc) is 2.85. The molecular formula is C15H29N3O2S. The quantitative estimate of drug-likeness (QED) is 0.672. The highest BCUT2D eigenvalue weighted by Crippen LogP contribution is 2.28. The fraction of sp³-hybridized carbons (Fsp3) is 0.800. The Morgan fingerprint density at radius 3 is 2.52 bits per heavy atom. The third kappa shape index (κ3) is 5.54. The Morgan fingerprint density at radius 2 is 1.95 bits per heavy atom. The number of aromatic nitrogens is 1. The van der Waals surface area contributed by atoms with E-state index in [4.69, 9.17) is 14.5 Å². The molecule has 122 valence electrons. The van der Waals surface area contributed by atoms with E-state index in [0.29, 0.717) is 18.6 Å². The first kappa shape index (κ1) is 18.4. The van der Waals surface area contributed by atoms with E-state index >= 15 is 0 Å². The molecule has 1 rings (SSSR count). The van der Waals surface area contributed by atoms with E-state index in [-0.39, 0.29) is 0 Å². The molecule has 0 radical (unpaired) electrons. The molecule has 5 nitrogen and oxygen atoms in total. The minimum absolute atomic E-state index is 0.459. The molecule has 1 unspecified atom stereocenters. The van der Waals surface area contributed by atoms with Gasteiger partial charge in [-0.25, -0.2) is 4.98 Å². The van der Waals surface area contributed by atoms with Crippen molar-refractivity contribution in [3.05, 3.63) is 10.6 Å². The van der Waals surface area contributed by atoms with Gasteiger partial charge in [0, 0.05) is 45.3 Å². The minimum atomic E-state index is 0.459.